The Labute approximate surface area is 140 Å². The number of aryl methyl sites for hydroxylation is 2. The van der Waals surface area contributed by atoms with Crippen molar-refractivity contribution in [2.45, 2.75) is 20.3 Å². The Hall–Kier alpha value is -1.71. The number of hydrogen-bond acceptors (Lipinski definition) is 2. The van der Waals surface area contributed by atoms with Gasteiger partial charge in [0.2, 0.25) is 0 Å². The highest BCUT2D eigenvalue weighted by atomic mass is 35.5. The zero-order valence-corrected chi connectivity index (χ0v) is 14.0. The summed E-state index contributed by atoms with van der Waals surface area (Å²) in [6.45, 7) is 3.93. The minimum atomic E-state index is -0.213. The van der Waals surface area contributed by atoms with Crippen LogP contribution in [-0.4, -0.2) is 12.5 Å². The summed E-state index contributed by atoms with van der Waals surface area (Å²) in [6.07, 6.45) is 0.852. The Morgan fingerprint density at radius 2 is 1.95 bits per heavy atom. The largest absolute Gasteiger partial charge is 0.484 e. The maximum atomic E-state index is 12.1. The monoisotopic (exact) mass is 337 g/mol. The first-order valence-corrected chi connectivity index (χ1v) is 7.73. The molecule has 5 heteroatoms. The van der Waals surface area contributed by atoms with Crippen LogP contribution in [0.25, 0.3) is 0 Å². The molecule has 0 aliphatic carbocycles. The Morgan fingerprint density at radius 1 is 1.18 bits per heavy atom. The molecule has 2 aromatic carbocycles. The molecule has 1 amide bonds. The van der Waals surface area contributed by atoms with Crippen LogP contribution in [0.3, 0.4) is 0 Å². The average molecular weight is 338 g/mol. The number of halogens is 2. The Morgan fingerprint density at radius 3 is 2.64 bits per heavy atom. The van der Waals surface area contributed by atoms with E-state index in [9.17, 15) is 4.79 Å². The molecule has 0 aliphatic heterocycles. The lowest BCUT2D eigenvalue weighted by atomic mass is 10.1. The predicted octanol–water partition coefficient (Wildman–Crippen LogP) is 4.88. The van der Waals surface area contributed by atoms with Gasteiger partial charge in [-0.2, -0.15) is 0 Å². The van der Waals surface area contributed by atoms with E-state index >= 15 is 0 Å². The van der Waals surface area contributed by atoms with Crippen molar-refractivity contribution in [2.75, 3.05) is 11.9 Å². The third kappa shape index (κ3) is 4.15. The van der Waals surface area contributed by atoms with Crippen molar-refractivity contribution in [1.82, 2.24) is 0 Å². The number of nitrogens with one attached hydrogen (secondary N) is 1. The summed E-state index contributed by atoms with van der Waals surface area (Å²) < 4.78 is 5.43. The van der Waals surface area contributed by atoms with Crippen molar-refractivity contribution in [3.8, 4) is 5.75 Å². The average Bonchev–Trinajstić information content (AvgIpc) is 2.50. The first-order valence-electron chi connectivity index (χ1n) is 6.97. The zero-order valence-electron chi connectivity index (χ0n) is 12.5. The summed E-state index contributed by atoms with van der Waals surface area (Å²) in [6, 6.07) is 10.8. The topological polar surface area (TPSA) is 38.3 Å². The SMILES string of the molecule is CCc1cccc(C)c1NC(=O)COc1ccc(Cl)c(Cl)c1. The Balaban J connectivity index is 2.00. The van der Waals surface area contributed by atoms with Crippen LogP contribution in [0.2, 0.25) is 10.0 Å². The lowest BCUT2D eigenvalue weighted by molar-refractivity contribution is -0.118. The smallest absolute Gasteiger partial charge is 0.262 e. The molecule has 2 rings (SSSR count). The van der Waals surface area contributed by atoms with Crippen molar-refractivity contribution in [3.63, 3.8) is 0 Å². The standard InChI is InChI=1S/C17H17Cl2NO2/c1-3-12-6-4-5-11(2)17(12)20-16(21)10-22-13-7-8-14(18)15(19)9-13/h4-9H,3,10H2,1-2H3,(H,20,21). The van der Waals surface area contributed by atoms with Crippen LogP contribution < -0.4 is 10.1 Å². The van der Waals surface area contributed by atoms with Gasteiger partial charge in [-0.3, -0.25) is 4.79 Å². The highest BCUT2D eigenvalue weighted by molar-refractivity contribution is 6.42. The molecule has 0 fully saturated rings. The summed E-state index contributed by atoms with van der Waals surface area (Å²) in [5.41, 5.74) is 2.98. The first kappa shape index (κ1) is 16.7. The minimum absolute atomic E-state index is 0.0878. The molecule has 0 bridgehead atoms. The maximum Gasteiger partial charge on any atom is 0.262 e. The number of hydrogen-bond donors (Lipinski definition) is 1. The number of anilines is 1. The van der Waals surface area contributed by atoms with Gasteiger partial charge in [-0.25, -0.2) is 0 Å². The van der Waals surface area contributed by atoms with E-state index in [0.29, 0.717) is 15.8 Å². The molecular formula is C17H17Cl2NO2. The molecule has 0 aromatic heterocycles. The molecule has 0 saturated carbocycles. The van der Waals surface area contributed by atoms with E-state index in [-0.39, 0.29) is 12.5 Å². The molecule has 22 heavy (non-hydrogen) atoms. The molecular weight excluding hydrogens is 321 g/mol. The molecule has 0 saturated heterocycles. The van der Waals surface area contributed by atoms with Crippen LogP contribution in [-0.2, 0) is 11.2 Å². The zero-order chi connectivity index (χ0) is 16.1. The summed E-state index contributed by atoms with van der Waals surface area (Å²) in [5.74, 6) is 0.292. The molecule has 0 atom stereocenters. The van der Waals surface area contributed by atoms with E-state index in [1.807, 2.05) is 25.1 Å². The summed E-state index contributed by atoms with van der Waals surface area (Å²) >= 11 is 11.7. The highest BCUT2D eigenvalue weighted by Crippen LogP contribution is 2.26. The number of benzene rings is 2. The quantitative estimate of drug-likeness (QED) is 0.844. The van der Waals surface area contributed by atoms with Gasteiger partial charge < -0.3 is 10.1 Å². The number of carbonyl (C=O) groups excluding carboxylic acids is 1. The first-order chi connectivity index (χ1) is 10.5. The molecule has 1 N–H and O–H groups in total. The normalized spacial score (nSPS) is 10.4. The van der Waals surface area contributed by atoms with E-state index < -0.39 is 0 Å². The van der Waals surface area contributed by atoms with Gasteiger partial charge in [0, 0.05) is 11.8 Å². The van der Waals surface area contributed by atoms with E-state index in [0.717, 1.165) is 23.2 Å². The molecule has 0 radical (unpaired) electrons. The van der Waals surface area contributed by atoms with Gasteiger partial charge in [0.15, 0.2) is 6.61 Å². The summed E-state index contributed by atoms with van der Waals surface area (Å²) in [4.78, 5) is 12.1. The second kappa shape index (κ2) is 7.52. The van der Waals surface area contributed by atoms with Crippen molar-refractivity contribution >= 4 is 34.8 Å². The Kier molecular flexibility index (Phi) is 5.69. The van der Waals surface area contributed by atoms with E-state index in [1.54, 1.807) is 18.2 Å². The summed E-state index contributed by atoms with van der Waals surface area (Å²) in [7, 11) is 0. The van der Waals surface area contributed by atoms with Gasteiger partial charge in [0.05, 0.1) is 10.0 Å². The van der Waals surface area contributed by atoms with Crippen LogP contribution >= 0.6 is 23.2 Å². The van der Waals surface area contributed by atoms with Crippen molar-refractivity contribution in [3.05, 3.63) is 57.6 Å². The van der Waals surface area contributed by atoms with Crippen LogP contribution in [0.1, 0.15) is 18.1 Å². The lowest BCUT2D eigenvalue weighted by Crippen LogP contribution is -2.21. The van der Waals surface area contributed by atoms with Crippen molar-refractivity contribution in [1.29, 1.82) is 0 Å². The maximum absolute atomic E-state index is 12.1. The number of amides is 1. The van der Waals surface area contributed by atoms with Gasteiger partial charge in [0.25, 0.3) is 5.91 Å². The van der Waals surface area contributed by atoms with Crippen LogP contribution in [0.15, 0.2) is 36.4 Å². The van der Waals surface area contributed by atoms with Gasteiger partial charge in [-0.15, -0.1) is 0 Å². The van der Waals surface area contributed by atoms with Gasteiger partial charge in [-0.05, 0) is 36.6 Å². The molecule has 0 heterocycles. The second-order valence-corrected chi connectivity index (χ2v) is 5.69. The van der Waals surface area contributed by atoms with E-state index in [2.05, 4.69) is 12.2 Å². The minimum Gasteiger partial charge on any atom is -0.484 e. The molecule has 0 unspecified atom stereocenters. The van der Waals surface area contributed by atoms with Crippen molar-refractivity contribution in [2.24, 2.45) is 0 Å². The highest BCUT2D eigenvalue weighted by Gasteiger charge is 2.09. The fraction of sp³-hybridized carbons (Fsp3) is 0.235. The van der Waals surface area contributed by atoms with Gasteiger partial charge in [-0.1, -0.05) is 48.3 Å². The molecule has 0 spiro atoms. The van der Waals surface area contributed by atoms with Crippen LogP contribution in [0.5, 0.6) is 5.75 Å². The molecule has 116 valence electrons. The summed E-state index contributed by atoms with van der Waals surface area (Å²) in [5, 5.41) is 3.75. The van der Waals surface area contributed by atoms with E-state index in [1.165, 1.54) is 0 Å². The third-order valence-electron chi connectivity index (χ3n) is 3.27. The van der Waals surface area contributed by atoms with E-state index in [4.69, 9.17) is 27.9 Å². The number of ether oxygens (including phenoxy) is 1. The fourth-order valence-corrected chi connectivity index (χ4v) is 2.38. The lowest BCUT2D eigenvalue weighted by Gasteiger charge is -2.13. The third-order valence-corrected chi connectivity index (χ3v) is 4.00. The van der Waals surface area contributed by atoms with Gasteiger partial charge in [0.1, 0.15) is 5.75 Å². The number of rotatable bonds is 5. The molecule has 0 aliphatic rings. The number of para-hydroxylation sites is 1. The predicted molar refractivity (Wildman–Crippen MR) is 91.1 cm³/mol. The fourth-order valence-electron chi connectivity index (χ4n) is 2.09. The molecule has 3 nitrogen and oxygen atoms in total. The van der Waals surface area contributed by atoms with Crippen LogP contribution in [0.4, 0.5) is 5.69 Å². The Bertz CT molecular complexity index is 686. The second-order valence-electron chi connectivity index (χ2n) is 4.88. The molecule has 2 aromatic rings. The number of carbonyl (C=O) groups is 1. The van der Waals surface area contributed by atoms with Gasteiger partial charge >= 0.3 is 0 Å². The van der Waals surface area contributed by atoms with Crippen LogP contribution in [0, 0.1) is 6.92 Å². The van der Waals surface area contributed by atoms with Crippen molar-refractivity contribution < 1.29 is 9.53 Å².